The van der Waals surface area contributed by atoms with E-state index in [1.807, 2.05) is 0 Å². The van der Waals surface area contributed by atoms with Gasteiger partial charge < -0.3 is 14.8 Å². The molecule has 1 aliphatic rings. The number of amides is 1. The van der Waals surface area contributed by atoms with Crippen molar-refractivity contribution in [1.29, 1.82) is 0 Å². The van der Waals surface area contributed by atoms with Gasteiger partial charge in [0.1, 0.15) is 11.8 Å². The molecule has 0 saturated carbocycles. The van der Waals surface area contributed by atoms with Crippen LogP contribution in [0.2, 0.25) is 0 Å². The van der Waals surface area contributed by atoms with Gasteiger partial charge in [0, 0.05) is 19.6 Å². The fraction of sp³-hybridized carbons (Fsp3) is 0.611. The Balaban J connectivity index is 1.93. The summed E-state index contributed by atoms with van der Waals surface area (Å²) in [6.45, 7) is 6.27. The summed E-state index contributed by atoms with van der Waals surface area (Å²) < 4.78 is 36.1. The van der Waals surface area contributed by atoms with Gasteiger partial charge in [0.15, 0.2) is 0 Å². The van der Waals surface area contributed by atoms with Crippen molar-refractivity contribution in [3.05, 3.63) is 24.3 Å². The minimum Gasteiger partial charge on any atom is -0.497 e. The molecule has 1 atom stereocenters. The Morgan fingerprint density at radius 1 is 1.30 bits per heavy atom. The second-order valence-corrected chi connectivity index (χ2v) is 8.39. The van der Waals surface area contributed by atoms with E-state index in [-0.39, 0.29) is 5.91 Å². The molecule has 1 aromatic rings. The van der Waals surface area contributed by atoms with Gasteiger partial charge in [-0.05, 0) is 44.2 Å². The summed E-state index contributed by atoms with van der Waals surface area (Å²) in [6, 6.07) is 5.74. The van der Waals surface area contributed by atoms with Gasteiger partial charge in [-0.2, -0.15) is 0 Å². The van der Waals surface area contributed by atoms with Crippen LogP contribution in [0.15, 0.2) is 24.3 Å². The quantitative estimate of drug-likeness (QED) is 0.615. The number of ether oxygens (including phenoxy) is 2. The number of sulfonamides is 1. The topological polar surface area (TPSA) is 88.2 Å². The average molecular weight is 400 g/mol. The number of carbonyl (C=O) groups is 1. The molecule has 27 heavy (non-hydrogen) atoms. The number of rotatable bonds is 9. The molecule has 1 heterocycles. The first-order chi connectivity index (χ1) is 12.8. The lowest BCUT2D eigenvalue weighted by molar-refractivity contribution is -0.121. The Morgan fingerprint density at radius 3 is 2.48 bits per heavy atom. The van der Waals surface area contributed by atoms with Gasteiger partial charge in [-0.1, -0.05) is 0 Å². The van der Waals surface area contributed by atoms with Crippen LogP contribution in [0.5, 0.6) is 5.75 Å². The van der Waals surface area contributed by atoms with Crippen molar-refractivity contribution >= 4 is 21.6 Å². The highest BCUT2D eigenvalue weighted by molar-refractivity contribution is 7.92. The van der Waals surface area contributed by atoms with Crippen LogP contribution in [0.25, 0.3) is 0 Å². The molecule has 0 spiro atoms. The van der Waals surface area contributed by atoms with Crippen molar-refractivity contribution in [2.45, 2.75) is 19.4 Å². The Kier molecular flexibility index (Phi) is 7.88. The molecule has 1 aromatic carbocycles. The largest absolute Gasteiger partial charge is 0.497 e. The maximum absolute atomic E-state index is 12.5. The summed E-state index contributed by atoms with van der Waals surface area (Å²) in [6.07, 6.45) is 1.90. The van der Waals surface area contributed by atoms with Crippen LogP contribution in [0.3, 0.4) is 0 Å². The molecular formula is C18H29N3O5S. The van der Waals surface area contributed by atoms with Crippen LogP contribution in [0.4, 0.5) is 5.69 Å². The summed E-state index contributed by atoms with van der Waals surface area (Å²) in [7, 11) is -2.08. The van der Waals surface area contributed by atoms with Gasteiger partial charge in [0.25, 0.3) is 0 Å². The Labute approximate surface area is 161 Å². The van der Waals surface area contributed by atoms with Gasteiger partial charge in [-0.15, -0.1) is 0 Å². The van der Waals surface area contributed by atoms with Gasteiger partial charge >= 0.3 is 0 Å². The van der Waals surface area contributed by atoms with Crippen LogP contribution in [-0.2, 0) is 19.6 Å². The molecule has 2 rings (SSSR count). The van der Waals surface area contributed by atoms with E-state index in [0.29, 0.717) is 18.0 Å². The highest BCUT2D eigenvalue weighted by Gasteiger charge is 2.28. The van der Waals surface area contributed by atoms with Crippen LogP contribution in [0, 0.1) is 0 Å². The summed E-state index contributed by atoms with van der Waals surface area (Å²) in [5, 5.41) is 2.84. The molecule has 9 heteroatoms. The Hall–Kier alpha value is -1.84. The molecule has 0 aliphatic carbocycles. The molecule has 1 unspecified atom stereocenters. The van der Waals surface area contributed by atoms with E-state index in [4.69, 9.17) is 9.47 Å². The fourth-order valence-corrected chi connectivity index (χ4v) is 4.20. The van der Waals surface area contributed by atoms with E-state index in [2.05, 4.69) is 10.2 Å². The number of nitrogens with zero attached hydrogens (tertiary/aromatic N) is 2. The number of benzene rings is 1. The second-order valence-electron chi connectivity index (χ2n) is 6.53. The number of hydrogen-bond acceptors (Lipinski definition) is 6. The van der Waals surface area contributed by atoms with E-state index in [1.165, 1.54) is 7.11 Å². The molecular weight excluding hydrogens is 370 g/mol. The number of carbonyl (C=O) groups excluding carboxylic acids is 1. The second kappa shape index (κ2) is 9.91. The van der Waals surface area contributed by atoms with Crippen molar-refractivity contribution in [1.82, 2.24) is 10.2 Å². The molecule has 0 bridgehead atoms. The van der Waals surface area contributed by atoms with E-state index in [0.717, 1.165) is 49.8 Å². The van der Waals surface area contributed by atoms with Crippen LogP contribution in [0.1, 0.15) is 13.3 Å². The van der Waals surface area contributed by atoms with E-state index in [9.17, 15) is 13.2 Å². The zero-order valence-corrected chi connectivity index (χ0v) is 17.0. The minimum absolute atomic E-state index is 0.321. The van der Waals surface area contributed by atoms with Crippen LogP contribution in [-0.4, -0.2) is 78.0 Å². The van der Waals surface area contributed by atoms with E-state index >= 15 is 0 Å². The smallest absolute Gasteiger partial charge is 0.243 e. The third kappa shape index (κ3) is 6.37. The predicted molar refractivity (Wildman–Crippen MR) is 105 cm³/mol. The Morgan fingerprint density at radius 2 is 1.93 bits per heavy atom. The maximum Gasteiger partial charge on any atom is 0.243 e. The highest BCUT2D eigenvalue weighted by Crippen LogP contribution is 2.23. The lowest BCUT2D eigenvalue weighted by Gasteiger charge is -2.29. The molecule has 8 nitrogen and oxygen atoms in total. The lowest BCUT2D eigenvalue weighted by atomic mass is 10.2. The number of methoxy groups -OCH3 is 1. The standard InChI is InChI=1S/C18H29N3O5S/c1-15(18(22)19-9-4-10-20-11-13-26-14-12-20)21(27(3,23)24)16-5-7-17(25-2)8-6-16/h5-8,15H,4,9-14H2,1-3H3,(H,19,22). The van der Waals surface area contributed by atoms with Crippen molar-refractivity contribution in [2.75, 3.05) is 57.1 Å². The summed E-state index contributed by atoms with van der Waals surface area (Å²) in [4.78, 5) is 14.8. The van der Waals surface area contributed by atoms with Crippen LogP contribution < -0.4 is 14.4 Å². The van der Waals surface area contributed by atoms with Gasteiger partial charge in [0.05, 0.1) is 32.3 Å². The first-order valence-corrected chi connectivity index (χ1v) is 10.9. The molecule has 1 N–H and O–H groups in total. The summed E-state index contributed by atoms with van der Waals surface area (Å²) >= 11 is 0. The van der Waals surface area contributed by atoms with Crippen molar-refractivity contribution in [3.8, 4) is 5.75 Å². The lowest BCUT2D eigenvalue weighted by Crippen LogP contribution is -2.48. The molecule has 152 valence electrons. The maximum atomic E-state index is 12.5. The fourth-order valence-electron chi connectivity index (χ4n) is 3.02. The minimum atomic E-state index is -3.62. The van der Waals surface area contributed by atoms with Crippen LogP contribution >= 0.6 is 0 Å². The van der Waals surface area contributed by atoms with Gasteiger partial charge in [-0.3, -0.25) is 14.0 Å². The third-order valence-electron chi connectivity index (χ3n) is 4.47. The first kappa shape index (κ1) is 21.5. The van der Waals surface area contributed by atoms with E-state index < -0.39 is 16.1 Å². The van der Waals surface area contributed by atoms with Crippen molar-refractivity contribution < 1.29 is 22.7 Å². The number of hydrogen-bond donors (Lipinski definition) is 1. The molecule has 1 amide bonds. The average Bonchev–Trinajstić information content (AvgIpc) is 2.65. The molecule has 0 aromatic heterocycles. The number of morpholine rings is 1. The number of nitrogens with one attached hydrogen (secondary N) is 1. The van der Waals surface area contributed by atoms with Crippen molar-refractivity contribution in [2.24, 2.45) is 0 Å². The monoisotopic (exact) mass is 399 g/mol. The molecule has 0 radical (unpaired) electrons. The zero-order chi connectivity index (χ0) is 19.9. The van der Waals surface area contributed by atoms with Crippen molar-refractivity contribution in [3.63, 3.8) is 0 Å². The predicted octanol–water partition coefficient (Wildman–Crippen LogP) is 0.688. The summed E-state index contributed by atoms with van der Waals surface area (Å²) in [5.41, 5.74) is 0.425. The normalized spacial score (nSPS) is 16.6. The Bertz CT molecular complexity index is 702. The third-order valence-corrected chi connectivity index (χ3v) is 5.71. The molecule has 1 fully saturated rings. The SMILES string of the molecule is COc1ccc(N(C(C)C(=O)NCCCN2CCOCC2)S(C)(=O)=O)cc1. The first-order valence-electron chi connectivity index (χ1n) is 9.04. The van der Waals surface area contributed by atoms with E-state index in [1.54, 1.807) is 31.2 Å². The summed E-state index contributed by atoms with van der Waals surface area (Å²) in [5.74, 6) is 0.297. The highest BCUT2D eigenvalue weighted by atomic mass is 32.2. The van der Waals surface area contributed by atoms with Gasteiger partial charge in [0.2, 0.25) is 15.9 Å². The zero-order valence-electron chi connectivity index (χ0n) is 16.2. The van der Waals surface area contributed by atoms with Gasteiger partial charge in [-0.25, -0.2) is 8.42 Å². The molecule has 1 saturated heterocycles. The number of anilines is 1. The molecule has 1 aliphatic heterocycles.